The lowest BCUT2D eigenvalue weighted by molar-refractivity contribution is 0.0818. The van der Waals surface area contributed by atoms with Crippen LogP contribution in [0.2, 0.25) is 0 Å². The molecule has 0 spiro atoms. The minimum Gasteiger partial charge on any atom is -0.394 e. The highest BCUT2D eigenvalue weighted by Crippen LogP contribution is 2.16. The highest BCUT2D eigenvalue weighted by Gasteiger charge is 2.27. The second kappa shape index (κ2) is 5.28. The van der Waals surface area contributed by atoms with Crippen LogP contribution < -0.4 is 5.32 Å². The Morgan fingerprint density at radius 2 is 2.20 bits per heavy atom. The standard InChI is InChI=1S/C11H17NO2S/c1-3-11(4-2,8-13)12-10(14)9-5-6-15-7-9/h5-7,13H,3-4,8H2,1-2H3,(H,12,14). The average molecular weight is 227 g/mol. The Hall–Kier alpha value is -0.870. The highest BCUT2D eigenvalue weighted by molar-refractivity contribution is 7.08. The van der Waals surface area contributed by atoms with Crippen molar-refractivity contribution in [2.24, 2.45) is 0 Å². The van der Waals surface area contributed by atoms with Crippen molar-refractivity contribution >= 4 is 17.2 Å². The summed E-state index contributed by atoms with van der Waals surface area (Å²) in [4.78, 5) is 11.8. The van der Waals surface area contributed by atoms with Gasteiger partial charge in [-0.05, 0) is 24.3 Å². The van der Waals surface area contributed by atoms with Gasteiger partial charge < -0.3 is 10.4 Å². The maximum atomic E-state index is 11.8. The molecule has 4 heteroatoms. The lowest BCUT2D eigenvalue weighted by atomic mass is 9.93. The number of aliphatic hydroxyl groups excluding tert-OH is 1. The molecule has 84 valence electrons. The second-order valence-electron chi connectivity index (χ2n) is 3.61. The zero-order chi connectivity index (χ0) is 11.3. The van der Waals surface area contributed by atoms with Crippen molar-refractivity contribution in [2.45, 2.75) is 32.2 Å². The van der Waals surface area contributed by atoms with E-state index < -0.39 is 5.54 Å². The van der Waals surface area contributed by atoms with Gasteiger partial charge in [-0.15, -0.1) is 0 Å². The molecule has 1 amide bonds. The number of amides is 1. The first-order chi connectivity index (χ1) is 7.17. The molecular formula is C11H17NO2S. The van der Waals surface area contributed by atoms with E-state index in [1.165, 1.54) is 11.3 Å². The summed E-state index contributed by atoms with van der Waals surface area (Å²) in [7, 11) is 0. The fourth-order valence-corrected chi connectivity index (χ4v) is 2.03. The number of aliphatic hydroxyl groups is 1. The summed E-state index contributed by atoms with van der Waals surface area (Å²) < 4.78 is 0. The summed E-state index contributed by atoms with van der Waals surface area (Å²) >= 11 is 1.49. The zero-order valence-corrected chi connectivity index (χ0v) is 9.93. The lowest BCUT2D eigenvalue weighted by Crippen LogP contribution is -2.50. The first-order valence-corrected chi connectivity index (χ1v) is 6.07. The Balaban J connectivity index is 2.71. The van der Waals surface area contributed by atoms with Gasteiger partial charge in [0.1, 0.15) is 0 Å². The van der Waals surface area contributed by atoms with E-state index in [1.807, 2.05) is 24.6 Å². The molecule has 0 aliphatic rings. The molecule has 0 aromatic carbocycles. The zero-order valence-electron chi connectivity index (χ0n) is 9.12. The number of rotatable bonds is 5. The van der Waals surface area contributed by atoms with E-state index in [4.69, 9.17) is 0 Å². The van der Waals surface area contributed by atoms with Gasteiger partial charge in [0.05, 0.1) is 17.7 Å². The minimum absolute atomic E-state index is 0.0180. The number of hydrogen-bond acceptors (Lipinski definition) is 3. The Morgan fingerprint density at radius 3 is 2.60 bits per heavy atom. The quantitative estimate of drug-likeness (QED) is 0.808. The van der Waals surface area contributed by atoms with Crippen molar-refractivity contribution in [3.8, 4) is 0 Å². The normalized spacial score (nSPS) is 11.4. The molecule has 0 atom stereocenters. The van der Waals surface area contributed by atoms with E-state index in [1.54, 1.807) is 6.07 Å². The van der Waals surface area contributed by atoms with Crippen molar-refractivity contribution in [1.29, 1.82) is 0 Å². The molecule has 0 radical (unpaired) electrons. The molecule has 15 heavy (non-hydrogen) atoms. The van der Waals surface area contributed by atoms with Gasteiger partial charge >= 0.3 is 0 Å². The molecule has 3 nitrogen and oxygen atoms in total. The van der Waals surface area contributed by atoms with E-state index in [0.717, 1.165) is 12.8 Å². The van der Waals surface area contributed by atoms with Gasteiger partial charge in [-0.3, -0.25) is 4.79 Å². The van der Waals surface area contributed by atoms with Crippen LogP contribution in [-0.2, 0) is 0 Å². The molecule has 0 bridgehead atoms. The summed E-state index contributed by atoms with van der Waals surface area (Å²) in [6, 6.07) is 1.79. The molecule has 0 saturated carbocycles. The van der Waals surface area contributed by atoms with Crippen LogP contribution >= 0.6 is 11.3 Å². The minimum atomic E-state index is -0.473. The van der Waals surface area contributed by atoms with E-state index >= 15 is 0 Å². The number of hydrogen-bond donors (Lipinski definition) is 2. The molecule has 2 N–H and O–H groups in total. The van der Waals surface area contributed by atoms with Crippen LogP contribution in [0.15, 0.2) is 16.8 Å². The Kier molecular flexibility index (Phi) is 4.29. The van der Waals surface area contributed by atoms with Crippen molar-refractivity contribution in [2.75, 3.05) is 6.61 Å². The first-order valence-electron chi connectivity index (χ1n) is 5.13. The summed E-state index contributed by atoms with van der Waals surface area (Å²) in [6.45, 7) is 3.91. The number of carbonyl (C=O) groups excluding carboxylic acids is 1. The largest absolute Gasteiger partial charge is 0.394 e. The van der Waals surface area contributed by atoms with E-state index in [9.17, 15) is 9.90 Å². The van der Waals surface area contributed by atoms with Gasteiger partial charge in [0, 0.05) is 5.38 Å². The topological polar surface area (TPSA) is 49.3 Å². The third kappa shape index (κ3) is 2.79. The summed E-state index contributed by atoms with van der Waals surface area (Å²) in [6.07, 6.45) is 1.46. The highest BCUT2D eigenvalue weighted by atomic mass is 32.1. The van der Waals surface area contributed by atoms with Crippen molar-refractivity contribution < 1.29 is 9.90 Å². The predicted molar refractivity (Wildman–Crippen MR) is 62.2 cm³/mol. The summed E-state index contributed by atoms with van der Waals surface area (Å²) in [5.74, 6) is -0.103. The van der Waals surface area contributed by atoms with Crippen LogP contribution in [0.3, 0.4) is 0 Å². The van der Waals surface area contributed by atoms with Crippen LogP contribution in [0.1, 0.15) is 37.0 Å². The van der Waals surface area contributed by atoms with Gasteiger partial charge in [0.15, 0.2) is 0 Å². The summed E-state index contributed by atoms with van der Waals surface area (Å²) in [5, 5.41) is 15.9. The Bertz CT molecular complexity index is 296. The van der Waals surface area contributed by atoms with E-state index in [-0.39, 0.29) is 12.5 Å². The number of nitrogens with one attached hydrogen (secondary N) is 1. The SMILES string of the molecule is CCC(CC)(CO)NC(=O)c1ccsc1. The monoisotopic (exact) mass is 227 g/mol. The third-order valence-electron chi connectivity index (χ3n) is 2.82. The smallest absolute Gasteiger partial charge is 0.252 e. The van der Waals surface area contributed by atoms with Crippen LogP contribution in [0.25, 0.3) is 0 Å². The molecule has 1 aromatic rings. The molecule has 0 saturated heterocycles. The second-order valence-corrected chi connectivity index (χ2v) is 4.39. The molecule has 0 aliphatic carbocycles. The predicted octanol–water partition coefficient (Wildman–Crippen LogP) is 2.03. The van der Waals surface area contributed by atoms with Crippen LogP contribution in [0.4, 0.5) is 0 Å². The molecule has 1 heterocycles. The maximum Gasteiger partial charge on any atom is 0.252 e. The van der Waals surface area contributed by atoms with Crippen LogP contribution in [0, 0.1) is 0 Å². The molecule has 0 unspecified atom stereocenters. The fourth-order valence-electron chi connectivity index (χ4n) is 1.40. The number of carbonyl (C=O) groups is 1. The van der Waals surface area contributed by atoms with E-state index in [2.05, 4.69) is 5.32 Å². The first kappa shape index (κ1) is 12.2. The van der Waals surface area contributed by atoms with Gasteiger partial charge in [-0.1, -0.05) is 13.8 Å². The van der Waals surface area contributed by atoms with Gasteiger partial charge in [0.2, 0.25) is 0 Å². The molecule has 0 aliphatic heterocycles. The molecular weight excluding hydrogens is 210 g/mol. The summed E-state index contributed by atoms with van der Waals surface area (Å²) in [5.41, 5.74) is 0.193. The van der Waals surface area contributed by atoms with Crippen LogP contribution in [0.5, 0.6) is 0 Å². The van der Waals surface area contributed by atoms with Crippen molar-refractivity contribution in [1.82, 2.24) is 5.32 Å². The fraction of sp³-hybridized carbons (Fsp3) is 0.545. The van der Waals surface area contributed by atoms with Crippen molar-refractivity contribution in [3.63, 3.8) is 0 Å². The van der Waals surface area contributed by atoms with Gasteiger partial charge in [0.25, 0.3) is 5.91 Å². The van der Waals surface area contributed by atoms with Gasteiger partial charge in [-0.25, -0.2) is 0 Å². The average Bonchev–Trinajstić information content (AvgIpc) is 2.79. The van der Waals surface area contributed by atoms with Crippen LogP contribution in [-0.4, -0.2) is 23.2 Å². The number of thiophene rings is 1. The Morgan fingerprint density at radius 1 is 1.53 bits per heavy atom. The Labute approximate surface area is 94.1 Å². The molecule has 0 fully saturated rings. The van der Waals surface area contributed by atoms with Crippen molar-refractivity contribution in [3.05, 3.63) is 22.4 Å². The van der Waals surface area contributed by atoms with E-state index in [0.29, 0.717) is 5.56 Å². The lowest BCUT2D eigenvalue weighted by Gasteiger charge is -2.30. The maximum absolute atomic E-state index is 11.8. The van der Waals surface area contributed by atoms with Gasteiger partial charge in [-0.2, -0.15) is 11.3 Å². The molecule has 1 rings (SSSR count). The molecule has 1 aromatic heterocycles. The third-order valence-corrected chi connectivity index (χ3v) is 3.50.